The topological polar surface area (TPSA) is 38.7 Å². The second kappa shape index (κ2) is 6.15. The van der Waals surface area contributed by atoms with Crippen molar-refractivity contribution in [1.29, 1.82) is 0 Å². The SMILES string of the molecule is CO[C@H]1C[C@H](OCc2ccccc2)CC[C@H]1O. The van der Waals surface area contributed by atoms with Crippen molar-refractivity contribution < 1.29 is 14.6 Å². The van der Waals surface area contributed by atoms with Crippen LogP contribution in [0.25, 0.3) is 0 Å². The Balaban J connectivity index is 1.80. The Kier molecular flexibility index (Phi) is 4.54. The standard InChI is InChI=1S/C14H20O3/c1-16-14-9-12(7-8-13(14)15)17-10-11-5-3-2-4-6-11/h2-6,12-15H,7-10H2,1H3/t12-,13-,14+/m1/s1. The fraction of sp³-hybridized carbons (Fsp3) is 0.571. The zero-order chi connectivity index (χ0) is 12.1. The zero-order valence-electron chi connectivity index (χ0n) is 10.2. The lowest BCUT2D eigenvalue weighted by molar-refractivity contribution is -0.0920. The Morgan fingerprint density at radius 3 is 2.71 bits per heavy atom. The number of rotatable bonds is 4. The van der Waals surface area contributed by atoms with Crippen molar-refractivity contribution >= 4 is 0 Å². The van der Waals surface area contributed by atoms with Crippen LogP contribution in [0.3, 0.4) is 0 Å². The molecule has 94 valence electrons. The van der Waals surface area contributed by atoms with Crippen LogP contribution in [0.1, 0.15) is 24.8 Å². The highest BCUT2D eigenvalue weighted by molar-refractivity contribution is 5.13. The zero-order valence-corrected chi connectivity index (χ0v) is 10.2. The highest BCUT2D eigenvalue weighted by Gasteiger charge is 2.29. The number of hydrogen-bond donors (Lipinski definition) is 1. The monoisotopic (exact) mass is 236 g/mol. The van der Waals surface area contributed by atoms with Crippen molar-refractivity contribution in [1.82, 2.24) is 0 Å². The second-order valence-electron chi connectivity index (χ2n) is 4.57. The minimum Gasteiger partial charge on any atom is -0.390 e. The van der Waals surface area contributed by atoms with E-state index in [4.69, 9.17) is 9.47 Å². The van der Waals surface area contributed by atoms with Gasteiger partial charge in [0, 0.05) is 13.5 Å². The third-order valence-electron chi connectivity index (χ3n) is 3.34. The highest BCUT2D eigenvalue weighted by atomic mass is 16.5. The van der Waals surface area contributed by atoms with Crippen molar-refractivity contribution in [2.75, 3.05) is 7.11 Å². The molecule has 0 unspecified atom stereocenters. The number of benzene rings is 1. The van der Waals surface area contributed by atoms with E-state index < -0.39 is 0 Å². The fourth-order valence-corrected chi connectivity index (χ4v) is 2.27. The molecular formula is C14H20O3. The van der Waals surface area contributed by atoms with Crippen molar-refractivity contribution in [3.05, 3.63) is 35.9 Å². The van der Waals surface area contributed by atoms with E-state index in [-0.39, 0.29) is 18.3 Å². The molecule has 0 aromatic heterocycles. The Bertz CT molecular complexity index is 325. The average molecular weight is 236 g/mol. The molecule has 0 radical (unpaired) electrons. The van der Waals surface area contributed by atoms with Crippen molar-refractivity contribution in [3.8, 4) is 0 Å². The number of aliphatic hydroxyl groups is 1. The summed E-state index contributed by atoms with van der Waals surface area (Å²) in [7, 11) is 1.65. The molecule has 1 fully saturated rings. The first kappa shape index (κ1) is 12.6. The van der Waals surface area contributed by atoms with Gasteiger partial charge >= 0.3 is 0 Å². The van der Waals surface area contributed by atoms with E-state index in [9.17, 15) is 5.11 Å². The molecule has 0 aliphatic heterocycles. The maximum absolute atomic E-state index is 9.69. The van der Waals surface area contributed by atoms with Gasteiger partial charge in [0.15, 0.2) is 0 Å². The molecule has 1 aromatic rings. The average Bonchev–Trinajstić information content (AvgIpc) is 2.39. The number of ether oxygens (including phenoxy) is 2. The van der Waals surface area contributed by atoms with Gasteiger partial charge in [0.2, 0.25) is 0 Å². The minimum absolute atomic E-state index is 0.0791. The first-order chi connectivity index (χ1) is 8.29. The molecule has 1 saturated carbocycles. The van der Waals surface area contributed by atoms with Gasteiger partial charge in [-0.3, -0.25) is 0 Å². The molecule has 3 nitrogen and oxygen atoms in total. The third-order valence-corrected chi connectivity index (χ3v) is 3.34. The Morgan fingerprint density at radius 1 is 1.24 bits per heavy atom. The normalized spacial score (nSPS) is 29.2. The van der Waals surface area contributed by atoms with Crippen LogP contribution in [0.2, 0.25) is 0 Å². The summed E-state index contributed by atoms with van der Waals surface area (Å²) in [6.07, 6.45) is 2.24. The first-order valence-electron chi connectivity index (χ1n) is 6.16. The Hall–Kier alpha value is -0.900. The van der Waals surface area contributed by atoms with Crippen molar-refractivity contribution in [2.45, 2.75) is 44.2 Å². The molecule has 0 spiro atoms. The van der Waals surface area contributed by atoms with Gasteiger partial charge in [-0.15, -0.1) is 0 Å². The summed E-state index contributed by atoms with van der Waals surface area (Å²) in [5, 5.41) is 9.69. The van der Waals surface area contributed by atoms with E-state index in [0.717, 1.165) is 19.3 Å². The van der Waals surface area contributed by atoms with Crippen LogP contribution in [-0.2, 0) is 16.1 Å². The van der Waals surface area contributed by atoms with Crippen LogP contribution >= 0.6 is 0 Å². The molecule has 1 aromatic carbocycles. The van der Waals surface area contributed by atoms with Gasteiger partial charge in [0.05, 0.1) is 24.9 Å². The lowest BCUT2D eigenvalue weighted by Gasteiger charge is -2.32. The maximum atomic E-state index is 9.69. The molecule has 1 aliphatic rings. The molecule has 0 bridgehead atoms. The van der Waals surface area contributed by atoms with Gasteiger partial charge < -0.3 is 14.6 Å². The molecule has 3 heteroatoms. The first-order valence-corrected chi connectivity index (χ1v) is 6.16. The van der Waals surface area contributed by atoms with Gasteiger partial charge in [-0.05, 0) is 18.4 Å². The summed E-state index contributed by atoms with van der Waals surface area (Å²) >= 11 is 0. The lowest BCUT2D eigenvalue weighted by Crippen LogP contribution is -2.38. The largest absolute Gasteiger partial charge is 0.390 e. The van der Waals surface area contributed by atoms with Crippen LogP contribution in [0.5, 0.6) is 0 Å². The molecule has 1 N–H and O–H groups in total. The van der Waals surface area contributed by atoms with Crippen LogP contribution in [0.4, 0.5) is 0 Å². The summed E-state index contributed by atoms with van der Waals surface area (Å²) in [5.41, 5.74) is 1.19. The smallest absolute Gasteiger partial charge is 0.0854 e. The van der Waals surface area contributed by atoms with E-state index in [1.807, 2.05) is 18.2 Å². The van der Waals surface area contributed by atoms with Crippen LogP contribution in [0.15, 0.2) is 30.3 Å². The van der Waals surface area contributed by atoms with E-state index in [1.54, 1.807) is 7.11 Å². The molecule has 17 heavy (non-hydrogen) atoms. The van der Waals surface area contributed by atoms with E-state index in [1.165, 1.54) is 5.56 Å². The predicted octanol–water partition coefficient (Wildman–Crippen LogP) is 2.13. The van der Waals surface area contributed by atoms with Gasteiger partial charge in [0.1, 0.15) is 0 Å². The van der Waals surface area contributed by atoms with Crippen LogP contribution in [0, 0.1) is 0 Å². The van der Waals surface area contributed by atoms with Gasteiger partial charge in [-0.2, -0.15) is 0 Å². The van der Waals surface area contributed by atoms with E-state index in [2.05, 4.69) is 12.1 Å². The number of hydrogen-bond acceptors (Lipinski definition) is 3. The fourth-order valence-electron chi connectivity index (χ4n) is 2.27. The summed E-state index contributed by atoms with van der Waals surface area (Å²) in [4.78, 5) is 0. The summed E-state index contributed by atoms with van der Waals surface area (Å²) in [5.74, 6) is 0. The summed E-state index contributed by atoms with van der Waals surface area (Å²) in [6, 6.07) is 10.2. The molecule has 0 heterocycles. The predicted molar refractivity (Wildman–Crippen MR) is 65.7 cm³/mol. The third kappa shape index (κ3) is 3.53. The molecule has 3 atom stereocenters. The summed E-state index contributed by atoms with van der Waals surface area (Å²) < 4.78 is 11.1. The van der Waals surface area contributed by atoms with Crippen LogP contribution < -0.4 is 0 Å². The molecule has 2 rings (SSSR count). The maximum Gasteiger partial charge on any atom is 0.0854 e. The Labute approximate surface area is 102 Å². The Morgan fingerprint density at radius 2 is 2.00 bits per heavy atom. The second-order valence-corrected chi connectivity index (χ2v) is 4.57. The number of methoxy groups -OCH3 is 1. The van der Waals surface area contributed by atoms with Gasteiger partial charge in [0.25, 0.3) is 0 Å². The van der Waals surface area contributed by atoms with E-state index >= 15 is 0 Å². The lowest BCUT2D eigenvalue weighted by atomic mass is 9.92. The highest BCUT2D eigenvalue weighted by Crippen LogP contribution is 2.24. The quantitative estimate of drug-likeness (QED) is 0.870. The van der Waals surface area contributed by atoms with Crippen molar-refractivity contribution in [3.63, 3.8) is 0 Å². The van der Waals surface area contributed by atoms with Gasteiger partial charge in [-0.1, -0.05) is 30.3 Å². The van der Waals surface area contributed by atoms with Crippen molar-refractivity contribution in [2.24, 2.45) is 0 Å². The van der Waals surface area contributed by atoms with Gasteiger partial charge in [-0.25, -0.2) is 0 Å². The summed E-state index contributed by atoms with van der Waals surface area (Å²) in [6.45, 7) is 0.637. The van der Waals surface area contributed by atoms with E-state index in [0.29, 0.717) is 6.61 Å². The molecular weight excluding hydrogens is 216 g/mol. The minimum atomic E-state index is -0.337. The molecule has 1 aliphatic carbocycles. The number of aliphatic hydroxyl groups excluding tert-OH is 1. The van der Waals surface area contributed by atoms with Crippen LogP contribution in [-0.4, -0.2) is 30.5 Å². The molecule has 0 amide bonds. The molecule has 0 saturated heterocycles.